The van der Waals surface area contributed by atoms with Crippen molar-refractivity contribution in [1.82, 2.24) is 14.7 Å². The predicted molar refractivity (Wildman–Crippen MR) is 129 cm³/mol. The van der Waals surface area contributed by atoms with Gasteiger partial charge in [-0.2, -0.15) is 13.1 Å². The van der Waals surface area contributed by atoms with Gasteiger partial charge in [0.2, 0.25) is 5.82 Å². The maximum absolute atomic E-state index is 12.2. The normalized spacial score (nSPS) is 11.2. The van der Waals surface area contributed by atoms with Crippen LogP contribution < -0.4 is 18.9 Å². The Morgan fingerprint density at radius 1 is 0.882 bits per heavy atom. The first kappa shape index (κ1) is 23.1. The van der Waals surface area contributed by atoms with Crippen molar-refractivity contribution in [2.24, 2.45) is 0 Å². The van der Waals surface area contributed by atoms with Crippen molar-refractivity contribution in [2.75, 3.05) is 18.4 Å². The van der Waals surface area contributed by atoms with Gasteiger partial charge in [0, 0.05) is 6.54 Å². The van der Waals surface area contributed by atoms with Crippen LogP contribution in [0.25, 0.3) is 21.9 Å². The number of methoxy groups -OCH3 is 1. The molecule has 9 nitrogen and oxygen atoms in total. The molecule has 0 saturated carbocycles. The van der Waals surface area contributed by atoms with Crippen LogP contribution in [-0.2, 0) is 10.2 Å². The Bertz CT molecular complexity index is 1420. The first-order valence-electron chi connectivity index (χ1n) is 10.4. The summed E-state index contributed by atoms with van der Waals surface area (Å²) in [4.78, 5) is 20.1. The van der Waals surface area contributed by atoms with Gasteiger partial charge in [-0.05, 0) is 52.2 Å². The second kappa shape index (κ2) is 9.86. The molecule has 34 heavy (non-hydrogen) atoms. The lowest BCUT2D eigenvalue weighted by Gasteiger charge is -2.10. The number of benzene rings is 3. The molecule has 0 aliphatic carbocycles. The quantitative estimate of drug-likeness (QED) is 0.292. The Labute approximate surface area is 197 Å². The Hall–Kier alpha value is -4.02. The smallest absolute Gasteiger partial charge is 0.381 e. The molecule has 0 unspecified atom stereocenters. The predicted octanol–water partition coefficient (Wildman–Crippen LogP) is 3.79. The number of esters is 1. The van der Waals surface area contributed by atoms with E-state index in [-0.39, 0.29) is 5.82 Å². The lowest BCUT2D eigenvalue weighted by atomic mass is 10.0. The van der Waals surface area contributed by atoms with E-state index in [1.54, 1.807) is 31.2 Å². The highest BCUT2D eigenvalue weighted by atomic mass is 32.2. The molecule has 0 radical (unpaired) electrons. The molecule has 0 aliphatic rings. The monoisotopic (exact) mass is 478 g/mol. The molecular weight excluding hydrogens is 456 g/mol. The molecule has 0 aliphatic heterocycles. The van der Waals surface area contributed by atoms with Crippen molar-refractivity contribution < 1.29 is 22.7 Å². The van der Waals surface area contributed by atoms with E-state index >= 15 is 0 Å². The molecule has 0 spiro atoms. The Kier molecular flexibility index (Phi) is 6.71. The Morgan fingerprint density at radius 2 is 1.53 bits per heavy atom. The minimum atomic E-state index is -3.59. The first-order valence-corrected chi connectivity index (χ1v) is 11.8. The van der Waals surface area contributed by atoms with E-state index in [0.717, 1.165) is 21.9 Å². The van der Waals surface area contributed by atoms with Crippen LogP contribution in [0.2, 0.25) is 0 Å². The average molecular weight is 479 g/mol. The lowest BCUT2D eigenvalue weighted by Crippen LogP contribution is -2.29. The summed E-state index contributed by atoms with van der Waals surface area (Å²) in [6, 6.07) is 18.3. The highest BCUT2D eigenvalue weighted by molar-refractivity contribution is 7.90. The summed E-state index contributed by atoms with van der Waals surface area (Å²) in [7, 11) is -2.10. The van der Waals surface area contributed by atoms with E-state index in [1.807, 2.05) is 36.4 Å². The maximum atomic E-state index is 12.2. The van der Waals surface area contributed by atoms with Gasteiger partial charge in [-0.15, -0.1) is 0 Å². The molecule has 10 heteroatoms. The van der Waals surface area contributed by atoms with Gasteiger partial charge < -0.3 is 9.47 Å². The van der Waals surface area contributed by atoms with Crippen molar-refractivity contribution in [3.05, 3.63) is 78.9 Å². The number of nitrogens with zero attached hydrogens (tertiary/aromatic N) is 2. The fraction of sp³-hybridized carbons (Fsp3) is 0.125. The van der Waals surface area contributed by atoms with Crippen molar-refractivity contribution in [2.45, 2.75) is 6.92 Å². The van der Waals surface area contributed by atoms with Gasteiger partial charge in [0.05, 0.1) is 25.2 Å². The van der Waals surface area contributed by atoms with Crippen LogP contribution in [0.4, 0.5) is 5.69 Å². The van der Waals surface area contributed by atoms with E-state index < -0.39 is 16.2 Å². The van der Waals surface area contributed by atoms with Crippen molar-refractivity contribution >= 4 is 32.6 Å². The zero-order valence-corrected chi connectivity index (χ0v) is 19.3. The molecule has 0 saturated heterocycles. The number of fused-ring (bicyclic) bond motifs is 1. The van der Waals surface area contributed by atoms with Crippen molar-refractivity contribution in [1.29, 1.82) is 0 Å². The molecule has 0 fully saturated rings. The van der Waals surface area contributed by atoms with E-state index in [0.29, 0.717) is 23.7 Å². The fourth-order valence-corrected chi connectivity index (χ4v) is 4.15. The third-order valence-electron chi connectivity index (χ3n) is 4.87. The van der Waals surface area contributed by atoms with E-state index in [2.05, 4.69) is 19.4 Å². The van der Waals surface area contributed by atoms with Gasteiger partial charge in [0.1, 0.15) is 5.75 Å². The maximum Gasteiger partial charge on any atom is 0.381 e. The largest absolute Gasteiger partial charge is 0.494 e. The number of hydrogen-bond donors (Lipinski definition) is 2. The van der Waals surface area contributed by atoms with E-state index in [4.69, 9.17) is 9.47 Å². The second-order valence-corrected chi connectivity index (χ2v) is 8.74. The summed E-state index contributed by atoms with van der Waals surface area (Å²) < 4.78 is 39.0. The number of hydrogen-bond acceptors (Lipinski definition) is 7. The highest BCUT2D eigenvalue weighted by Gasteiger charge is 2.13. The SMILES string of the molecule is CCNS(=O)(=O)Nc1ccc2cc(-c3ccc(OC(=O)c4ncc(OC)cn4)cc3)ccc2c1. The minimum absolute atomic E-state index is 0.0634. The van der Waals surface area contributed by atoms with Gasteiger partial charge in [-0.1, -0.05) is 37.3 Å². The Morgan fingerprint density at radius 3 is 2.21 bits per heavy atom. The molecule has 0 amide bonds. The fourth-order valence-electron chi connectivity index (χ4n) is 3.27. The molecule has 174 valence electrons. The van der Waals surface area contributed by atoms with Gasteiger partial charge in [0.15, 0.2) is 5.75 Å². The Balaban J connectivity index is 1.48. The van der Waals surface area contributed by atoms with Crippen LogP contribution in [0.1, 0.15) is 17.5 Å². The molecular formula is C24H22N4O5S. The third kappa shape index (κ3) is 5.48. The van der Waals surface area contributed by atoms with Crippen molar-refractivity contribution in [3.63, 3.8) is 0 Å². The summed E-state index contributed by atoms with van der Waals surface area (Å²) >= 11 is 0. The summed E-state index contributed by atoms with van der Waals surface area (Å²) in [5.41, 5.74) is 2.37. The van der Waals surface area contributed by atoms with Gasteiger partial charge in [-0.3, -0.25) is 4.72 Å². The average Bonchev–Trinajstić information content (AvgIpc) is 2.84. The third-order valence-corrected chi connectivity index (χ3v) is 6.04. The number of rotatable bonds is 8. The zero-order chi connectivity index (χ0) is 24.1. The van der Waals surface area contributed by atoms with E-state index in [1.165, 1.54) is 19.5 Å². The number of ether oxygens (including phenoxy) is 2. The molecule has 3 aromatic carbocycles. The summed E-state index contributed by atoms with van der Waals surface area (Å²) in [5, 5.41) is 1.85. The van der Waals surface area contributed by atoms with Crippen LogP contribution in [0, 0.1) is 0 Å². The number of carbonyl (C=O) groups excluding carboxylic acids is 1. The van der Waals surface area contributed by atoms with Crippen LogP contribution in [0.3, 0.4) is 0 Å². The van der Waals surface area contributed by atoms with Crippen molar-refractivity contribution in [3.8, 4) is 22.6 Å². The van der Waals surface area contributed by atoms with Crippen LogP contribution in [0.15, 0.2) is 73.1 Å². The molecule has 1 aromatic heterocycles. The topological polar surface area (TPSA) is 120 Å². The minimum Gasteiger partial charge on any atom is -0.494 e. The van der Waals surface area contributed by atoms with Gasteiger partial charge in [-0.25, -0.2) is 14.8 Å². The molecule has 0 bridgehead atoms. The molecule has 2 N–H and O–H groups in total. The molecule has 4 rings (SSSR count). The van der Waals surface area contributed by atoms with Gasteiger partial charge >= 0.3 is 5.97 Å². The summed E-state index contributed by atoms with van der Waals surface area (Å²) in [6.07, 6.45) is 2.79. The highest BCUT2D eigenvalue weighted by Crippen LogP contribution is 2.28. The molecule has 0 atom stereocenters. The number of carbonyl (C=O) groups is 1. The number of nitrogens with one attached hydrogen (secondary N) is 2. The molecule has 1 heterocycles. The van der Waals surface area contributed by atoms with Crippen LogP contribution >= 0.6 is 0 Å². The van der Waals surface area contributed by atoms with Gasteiger partial charge in [0.25, 0.3) is 10.2 Å². The first-order chi connectivity index (χ1) is 16.4. The zero-order valence-electron chi connectivity index (χ0n) is 18.5. The van der Waals surface area contributed by atoms with E-state index in [9.17, 15) is 13.2 Å². The van der Waals surface area contributed by atoms with Crippen LogP contribution in [-0.4, -0.2) is 38.0 Å². The summed E-state index contributed by atoms with van der Waals surface area (Å²) in [6.45, 7) is 2.02. The standard InChI is InChI=1S/C24H22N4O5S/c1-3-27-34(30,31)28-20-9-6-18-12-17(4-5-19(18)13-20)16-7-10-21(11-8-16)33-24(29)23-25-14-22(32-2)15-26-23/h4-15,27-28H,3H2,1-2H3. The summed E-state index contributed by atoms with van der Waals surface area (Å²) in [5.74, 6) is 0.0853. The number of anilines is 1. The number of aromatic nitrogens is 2. The second-order valence-electron chi connectivity index (χ2n) is 7.24. The van der Waals surface area contributed by atoms with Crippen LogP contribution in [0.5, 0.6) is 11.5 Å². The lowest BCUT2D eigenvalue weighted by molar-refractivity contribution is 0.0721. The molecule has 4 aromatic rings.